The fourth-order valence-corrected chi connectivity index (χ4v) is 4.43. The number of primary amides is 1. The van der Waals surface area contributed by atoms with Crippen molar-refractivity contribution < 1.29 is 13.2 Å². The first kappa shape index (κ1) is 16.0. The zero-order valence-electron chi connectivity index (χ0n) is 12.2. The molecule has 0 aromatic carbocycles. The fourth-order valence-electron chi connectivity index (χ4n) is 2.78. The summed E-state index contributed by atoms with van der Waals surface area (Å²) in [4.78, 5) is 11.0. The lowest BCUT2D eigenvalue weighted by Crippen LogP contribution is -2.33. The molecule has 118 valence electrons. The first-order valence-corrected chi connectivity index (χ1v) is 8.69. The summed E-state index contributed by atoms with van der Waals surface area (Å²) in [6, 6.07) is 1.53. The van der Waals surface area contributed by atoms with Crippen LogP contribution in [0.2, 0.25) is 0 Å². The van der Waals surface area contributed by atoms with Gasteiger partial charge >= 0.3 is 0 Å². The molecule has 2 heterocycles. The molecule has 1 amide bonds. The quantitative estimate of drug-likeness (QED) is 0.859. The highest BCUT2D eigenvalue weighted by molar-refractivity contribution is 7.89. The average molecular weight is 314 g/mol. The summed E-state index contributed by atoms with van der Waals surface area (Å²) in [5, 5.41) is 4.26. The minimum Gasteiger partial charge on any atom is -0.370 e. The number of rotatable bonds is 5. The predicted octanol–water partition coefficient (Wildman–Crippen LogP) is 0.569. The molecule has 0 radical (unpaired) electrons. The smallest absolute Gasteiger partial charge is 0.260 e. The standard InChI is InChI=1S/C13H22N4O3S/c1-2-17-13(5-7-15-17)21(19,20)16-8-3-4-11(6-9-16)10-12(14)18/h5,7,11H,2-4,6,8-10H2,1H3,(H2,14,18). The zero-order chi connectivity index (χ0) is 15.5. The number of nitrogens with two attached hydrogens (primary N) is 1. The second-order valence-corrected chi connectivity index (χ2v) is 7.24. The van der Waals surface area contributed by atoms with Crippen LogP contribution in [0.3, 0.4) is 0 Å². The minimum atomic E-state index is -3.52. The van der Waals surface area contributed by atoms with Gasteiger partial charge in [-0.05, 0) is 38.2 Å². The maximum Gasteiger partial charge on any atom is 0.260 e. The third-order valence-electron chi connectivity index (χ3n) is 3.88. The highest BCUT2D eigenvalue weighted by Crippen LogP contribution is 2.24. The van der Waals surface area contributed by atoms with Crippen molar-refractivity contribution >= 4 is 15.9 Å². The van der Waals surface area contributed by atoms with E-state index in [-0.39, 0.29) is 16.9 Å². The number of hydrogen-bond donors (Lipinski definition) is 1. The predicted molar refractivity (Wildman–Crippen MR) is 77.8 cm³/mol. The van der Waals surface area contributed by atoms with Gasteiger partial charge in [-0.1, -0.05) is 0 Å². The summed E-state index contributed by atoms with van der Waals surface area (Å²) >= 11 is 0. The molecule has 0 bridgehead atoms. The molecule has 2 rings (SSSR count). The van der Waals surface area contributed by atoms with Gasteiger partial charge in [0, 0.05) is 26.1 Å². The van der Waals surface area contributed by atoms with Gasteiger partial charge in [-0.15, -0.1) is 0 Å². The number of carbonyl (C=O) groups excluding carboxylic acids is 1. The van der Waals surface area contributed by atoms with E-state index in [0.717, 1.165) is 12.8 Å². The molecular formula is C13H22N4O3S. The lowest BCUT2D eigenvalue weighted by molar-refractivity contribution is -0.119. The van der Waals surface area contributed by atoms with Crippen molar-refractivity contribution in [3.05, 3.63) is 12.3 Å². The van der Waals surface area contributed by atoms with Gasteiger partial charge in [-0.3, -0.25) is 9.48 Å². The highest BCUT2D eigenvalue weighted by Gasteiger charge is 2.30. The molecule has 8 heteroatoms. The number of nitrogens with zero attached hydrogens (tertiary/aromatic N) is 3. The van der Waals surface area contributed by atoms with Crippen molar-refractivity contribution in [2.45, 2.75) is 44.2 Å². The Hall–Kier alpha value is -1.41. The molecule has 1 atom stereocenters. The van der Waals surface area contributed by atoms with Crippen LogP contribution in [0.4, 0.5) is 0 Å². The number of aromatic nitrogens is 2. The van der Waals surface area contributed by atoms with E-state index in [0.29, 0.717) is 32.5 Å². The molecular weight excluding hydrogens is 292 g/mol. The second-order valence-electron chi connectivity index (χ2n) is 5.36. The molecule has 21 heavy (non-hydrogen) atoms. The Labute approximate surface area is 125 Å². The molecule has 1 aromatic rings. The van der Waals surface area contributed by atoms with E-state index in [1.165, 1.54) is 21.3 Å². The molecule has 2 N–H and O–H groups in total. The van der Waals surface area contributed by atoms with Gasteiger partial charge in [0.15, 0.2) is 5.03 Å². The summed E-state index contributed by atoms with van der Waals surface area (Å²) in [5.41, 5.74) is 5.23. The molecule has 7 nitrogen and oxygen atoms in total. The maximum atomic E-state index is 12.7. The van der Waals surface area contributed by atoms with E-state index in [4.69, 9.17) is 5.73 Å². The van der Waals surface area contributed by atoms with E-state index in [1.54, 1.807) is 0 Å². The number of sulfonamides is 1. The number of amides is 1. The molecule has 1 aliphatic rings. The first-order valence-electron chi connectivity index (χ1n) is 7.25. The molecule has 1 fully saturated rings. The second kappa shape index (κ2) is 6.57. The Balaban J connectivity index is 2.13. The average Bonchev–Trinajstić information content (AvgIpc) is 2.79. The van der Waals surface area contributed by atoms with Gasteiger partial charge in [-0.2, -0.15) is 9.40 Å². The third-order valence-corrected chi connectivity index (χ3v) is 5.80. The fraction of sp³-hybridized carbons (Fsp3) is 0.692. The summed E-state index contributed by atoms with van der Waals surface area (Å²) in [7, 11) is -3.52. The summed E-state index contributed by atoms with van der Waals surface area (Å²) in [5.74, 6) is -0.140. The molecule has 1 unspecified atom stereocenters. The summed E-state index contributed by atoms with van der Waals surface area (Å²) in [6.45, 7) is 3.28. The van der Waals surface area contributed by atoms with Crippen LogP contribution in [0.5, 0.6) is 0 Å². The normalized spacial score (nSPS) is 21.1. The molecule has 0 spiro atoms. The first-order chi connectivity index (χ1) is 9.95. The Kier molecular flexibility index (Phi) is 5.00. The van der Waals surface area contributed by atoms with Crippen molar-refractivity contribution in [2.24, 2.45) is 11.7 Å². The van der Waals surface area contributed by atoms with Gasteiger partial charge in [0.25, 0.3) is 10.0 Å². The van der Waals surface area contributed by atoms with Crippen molar-refractivity contribution in [3.8, 4) is 0 Å². The largest absolute Gasteiger partial charge is 0.370 e. The van der Waals surface area contributed by atoms with Crippen molar-refractivity contribution in [3.63, 3.8) is 0 Å². The van der Waals surface area contributed by atoms with E-state index in [1.807, 2.05) is 6.92 Å². The Morgan fingerprint density at radius 1 is 1.43 bits per heavy atom. The van der Waals surface area contributed by atoms with Crippen LogP contribution in [0.25, 0.3) is 0 Å². The van der Waals surface area contributed by atoms with Crippen molar-refractivity contribution in [1.29, 1.82) is 0 Å². The van der Waals surface area contributed by atoms with Crippen LogP contribution in [-0.4, -0.2) is 41.5 Å². The lowest BCUT2D eigenvalue weighted by Gasteiger charge is -2.20. The van der Waals surface area contributed by atoms with Gasteiger partial charge < -0.3 is 5.73 Å². The Morgan fingerprint density at radius 2 is 2.19 bits per heavy atom. The van der Waals surface area contributed by atoms with E-state index in [2.05, 4.69) is 5.10 Å². The number of aryl methyl sites for hydroxylation is 1. The number of hydrogen-bond acceptors (Lipinski definition) is 4. The van der Waals surface area contributed by atoms with Crippen LogP contribution in [-0.2, 0) is 21.4 Å². The van der Waals surface area contributed by atoms with Crippen LogP contribution in [0, 0.1) is 5.92 Å². The van der Waals surface area contributed by atoms with Gasteiger partial charge in [0.05, 0.1) is 6.20 Å². The summed E-state index contributed by atoms with van der Waals surface area (Å²) in [6.07, 6.45) is 4.09. The van der Waals surface area contributed by atoms with Crippen molar-refractivity contribution in [2.75, 3.05) is 13.1 Å². The minimum absolute atomic E-state index is 0.179. The summed E-state index contributed by atoms with van der Waals surface area (Å²) < 4.78 is 28.4. The van der Waals surface area contributed by atoms with Crippen LogP contribution < -0.4 is 5.73 Å². The van der Waals surface area contributed by atoms with Crippen LogP contribution in [0.15, 0.2) is 17.3 Å². The lowest BCUT2D eigenvalue weighted by atomic mass is 9.97. The maximum absolute atomic E-state index is 12.7. The molecule has 1 saturated heterocycles. The topological polar surface area (TPSA) is 98.3 Å². The Bertz CT molecular complexity index is 596. The zero-order valence-corrected chi connectivity index (χ0v) is 13.1. The monoisotopic (exact) mass is 314 g/mol. The molecule has 0 aliphatic carbocycles. The van der Waals surface area contributed by atoms with E-state index >= 15 is 0 Å². The van der Waals surface area contributed by atoms with Gasteiger partial charge in [-0.25, -0.2) is 8.42 Å². The van der Waals surface area contributed by atoms with E-state index in [9.17, 15) is 13.2 Å². The SMILES string of the molecule is CCn1nccc1S(=O)(=O)N1CCCC(CC(N)=O)CC1. The molecule has 0 saturated carbocycles. The van der Waals surface area contributed by atoms with Crippen molar-refractivity contribution in [1.82, 2.24) is 14.1 Å². The molecule has 1 aliphatic heterocycles. The van der Waals surface area contributed by atoms with Gasteiger partial charge in [0.2, 0.25) is 5.91 Å². The van der Waals surface area contributed by atoms with Crippen LogP contribution in [0.1, 0.15) is 32.6 Å². The van der Waals surface area contributed by atoms with Gasteiger partial charge in [0.1, 0.15) is 0 Å². The third kappa shape index (κ3) is 3.62. The highest BCUT2D eigenvalue weighted by atomic mass is 32.2. The molecule has 1 aromatic heterocycles. The van der Waals surface area contributed by atoms with E-state index < -0.39 is 10.0 Å². The number of carbonyl (C=O) groups is 1. The van der Waals surface area contributed by atoms with Crippen LogP contribution >= 0.6 is 0 Å². The Morgan fingerprint density at radius 3 is 2.86 bits per heavy atom.